The van der Waals surface area contributed by atoms with Crippen LogP contribution in [0.2, 0.25) is 47.1 Å². The molecule has 5 atom stereocenters. The molecule has 4 radical (unpaired) electrons. The molecule has 5 N–H and O–H groups in total. The van der Waals surface area contributed by atoms with E-state index in [9.17, 15) is 27.9 Å². The molecule has 2 aliphatic rings. The summed E-state index contributed by atoms with van der Waals surface area (Å²) >= 11 is 0. The van der Waals surface area contributed by atoms with Crippen molar-refractivity contribution in [2.24, 2.45) is 0 Å². The van der Waals surface area contributed by atoms with Gasteiger partial charge in [-0.1, -0.05) is 0 Å². The van der Waals surface area contributed by atoms with Crippen LogP contribution in [0.1, 0.15) is 0 Å². The van der Waals surface area contributed by atoms with Gasteiger partial charge in [0.15, 0.2) is 26.5 Å². The van der Waals surface area contributed by atoms with E-state index >= 15 is 0 Å². The van der Waals surface area contributed by atoms with Gasteiger partial charge in [-0.15, -0.1) is 0 Å². The summed E-state index contributed by atoms with van der Waals surface area (Å²) in [6.45, 7) is 6.91. The van der Waals surface area contributed by atoms with Crippen molar-refractivity contribution in [1.82, 2.24) is 0 Å². The highest BCUT2D eigenvalue weighted by atomic mass is 32.3. The molecule has 0 spiro atoms. The van der Waals surface area contributed by atoms with Crippen molar-refractivity contribution in [3.63, 3.8) is 0 Å². The van der Waals surface area contributed by atoms with Crippen molar-refractivity contribution in [2.45, 2.75) is 47.1 Å². The van der Waals surface area contributed by atoms with Crippen LogP contribution in [0.3, 0.4) is 0 Å². The molecule has 2 heterocycles. The van der Waals surface area contributed by atoms with E-state index in [4.69, 9.17) is 7.74 Å². The van der Waals surface area contributed by atoms with Gasteiger partial charge in [-0.3, -0.25) is 4.55 Å². The van der Waals surface area contributed by atoms with Crippen LogP contribution < -0.4 is 0 Å². The number of hydrogen-bond donors (Lipinski definition) is 5. The highest BCUT2D eigenvalue weighted by Crippen LogP contribution is 2.61. The molecule has 0 saturated carbocycles. The fourth-order valence-electron chi connectivity index (χ4n) is 5.13. The Bertz CT molecular complexity index is 591. The van der Waals surface area contributed by atoms with Crippen LogP contribution in [0.5, 0.6) is 0 Å². The molecule has 15 heteroatoms. The van der Waals surface area contributed by atoms with Gasteiger partial charge in [-0.25, -0.2) is 4.21 Å². The summed E-state index contributed by atoms with van der Waals surface area (Å²) in [5.74, 6) is 0. The van der Waals surface area contributed by atoms with E-state index in [0.717, 1.165) is 6.26 Å². The second kappa shape index (κ2) is 5.83. The molecule has 140 valence electrons. The third-order valence-corrected chi connectivity index (χ3v) is 44.0. The van der Waals surface area contributed by atoms with E-state index < -0.39 is 72.3 Å². The Labute approximate surface area is 151 Å². The van der Waals surface area contributed by atoms with Crippen LogP contribution in [0.25, 0.3) is 0 Å². The molecule has 0 aromatic carbocycles. The Morgan fingerprint density at radius 1 is 1.29 bits per heavy atom. The molecule has 2 fully saturated rings. The Morgan fingerprint density at radius 2 is 1.83 bits per heavy atom. The molecular weight excluding hydrogens is 437 g/mol. The first-order valence-electron chi connectivity index (χ1n) is 7.54. The Morgan fingerprint density at radius 3 is 2.25 bits per heavy atom. The summed E-state index contributed by atoms with van der Waals surface area (Å²) in [4.78, 5) is 40.9. The zero-order chi connectivity index (χ0) is 18.8. The van der Waals surface area contributed by atoms with E-state index in [1.807, 2.05) is 0 Å². The van der Waals surface area contributed by atoms with Gasteiger partial charge in [-0.05, 0) is 37.5 Å². The molecule has 8 nitrogen and oxygen atoms in total. The maximum atomic E-state index is 12.9. The molecule has 5 unspecified atom stereocenters. The van der Waals surface area contributed by atoms with Crippen LogP contribution in [-0.2, 0) is 17.7 Å². The predicted octanol–water partition coefficient (Wildman–Crippen LogP) is -0.879. The average Bonchev–Trinajstić information content (AvgIpc) is 2.19. The third-order valence-electron chi connectivity index (χ3n) is 4.89. The molecule has 0 aliphatic carbocycles. The predicted molar refractivity (Wildman–Crippen MR) is 103 cm³/mol. The van der Waals surface area contributed by atoms with Crippen molar-refractivity contribution in [1.29, 1.82) is 0 Å². The molecule has 24 heavy (non-hydrogen) atoms. The molecule has 0 aromatic heterocycles. The topological polar surface area (TPSA) is 137 Å². The Kier molecular flexibility index (Phi) is 5.22. The van der Waals surface area contributed by atoms with Crippen molar-refractivity contribution in [3.8, 4) is 0 Å². The highest BCUT2D eigenvalue weighted by Gasteiger charge is 2.77. The van der Waals surface area contributed by atoms with Crippen LogP contribution in [0.15, 0.2) is 0 Å². The van der Waals surface area contributed by atoms with Gasteiger partial charge >= 0.3 is 0 Å². The lowest BCUT2D eigenvalue weighted by Crippen LogP contribution is -2.82. The zero-order valence-corrected chi connectivity index (χ0v) is 21.3. The van der Waals surface area contributed by atoms with E-state index in [1.165, 1.54) is 0 Å². The third kappa shape index (κ3) is 3.48. The Balaban J connectivity index is 2.76. The van der Waals surface area contributed by atoms with Crippen molar-refractivity contribution >= 4 is 62.7 Å². The summed E-state index contributed by atoms with van der Waals surface area (Å²) < 4.78 is 34.9. The normalized spacial score (nSPS) is 49.2. The number of fused-ring (bicyclic) bond motifs is 2. The number of rotatable bonds is 4. The van der Waals surface area contributed by atoms with Crippen molar-refractivity contribution in [3.05, 3.63) is 0 Å². The minimum atomic E-state index is -4.83. The maximum Gasteiger partial charge on any atom is 0.226 e. The quantitative estimate of drug-likeness (QED) is 0.340. The summed E-state index contributed by atoms with van der Waals surface area (Å²) in [6, 6.07) is 0. The van der Waals surface area contributed by atoms with Gasteiger partial charge in [0.2, 0.25) is 36.2 Å². The van der Waals surface area contributed by atoms with Crippen molar-refractivity contribution in [2.75, 3.05) is 6.26 Å². The van der Waals surface area contributed by atoms with Crippen LogP contribution in [-0.4, -0.2) is 87.0 Å². The second-order valence-corrected chi connectivity index (χ2v) is 32.4. The highest BCUT2D eigenvalue weighted by molar-refractivity contribution is 8.08. The molecule has 2 rings (SSSR count). The fraction of sp³-hybridized carbons (Fsp3) is 1.00. The summed E-state index contributed by atoms with van der Waals surface area (Å²) in [5, 5.41) is 0. The van der Waals surface area contributed by atoms with Gasteiger partial charge < -0.3 is 26.9 Å². The van der Waals surface area contributed by atoms with E-state index in [0.29, 0.717) is 0 Å². The van der Waals surface area contributed by atoms with E-state index in [2.05, 4.69) is 0 Å². The van der Waals surface area contributed by atoms with Gasteiger partial charge in [0.25, 0.3) is 0 Å². The first-order chi connectivity index (χ1) is 10.5. The fourth-order valence-corrected chi connectivity index (χ4v) is 59.7. The summed E-state index contributed by atoms with van der Waals surface area (Å²) in [6.07, 6.45) is 1.02. The van der Waals surface area contributed by atoms with Gasteiger partial charge in [-0.2, -0.15) is 0 Å². The molecule has 0 aromatic rings. The largest absolute Gasteiger partial charge is 0.432 e. The summed E-state index contributed by atoms with van der Waals surface area (Å²) in [7, 11) is -18.2. The molecule has 2 aliphatic heterocycles. The smallest absolute Gasteiger partial charge is 0.226 e. The average molecular weight is 463 g/mol. The van der Waals surface area contributed by atoms with Gasteiger partial charge in [0.1, 0.15) is 0 Å². The van der Waals surface area contributed by atoms with Crippen LogP contribution >= 0.6 is 0 Å². The second-order valence-electron chi connectivity index (χ2n) is 8.04. The standard InChI is InChI=1S/C9H26O8SSi6/c1-18(10,11)16-23(5)8(20-13)24(17-18,6-19-12)7-22(4,15)9(23)21(2,3)14/h8-9,12-15H,6-7H2,1-5H3,(H,10,11). The van der Waals surface area contributed by atoms with E-state index in [1.54, 1.807) is 26.2 Å². The molecule has 0 amide bonds. The van der Waals surface area contributed by atoms with Gasteiger partial charge in [0, 0.05) is 9.58 Å². The maximum absolute atomic E-state index is 12.9. The minimum absolute atomic E-state index is 0.198. The number of hydrogen-bond acceptors (Lipinski definition) is 7. The lowest BCUT2D eigenvalue weighted by Gasteiger charge is -2.65. The minimum Gasteiger partial charge on any atom is -0.432 e. The van der Waals surface area contributed by atoms with E-state index in [-0.39, 0.29) is 11.3 Å². The first-order valence-corrected chi connectivity index (χ1v) is 22.6. The zero-order valence-electron chi connectivity index (χ0n) is 14.4. The van der Waals surface area contributed by atoms with Crippen LogP contribution in [0.4, 0.5) is 0 Å². The SMILES string of the molecule is C[Si](C)(O)C1[Si](C)(O)C[Si]2(C[Si]O)OS(C)(=O)(O)O[Si]1(C)C2[Si]O. The Hall–Kier alpha value is 1.17. The molecular formula is C9H26O8SSi6. The molecule has 2 saturated heterocycles. The summed E-state index contributed by atoms with van der Waals surface area (Å²) in [5.41, 5.74) is 0.422. The lowest BCUT2D eigenvalue weighted by atomic mass is 11.7. The molecule has 2 bridgehead atoms. The van der Waals surface area contributed by atoms with Gasteiger partial charge in [0.05, 0.1) is 6.26 Å². The van der Waals surface area contributed by atoms with Crippen molar-refractivity contribution < 1.29 is 35.7 Å². The first kappa shape index (κ1) is 21.5. The monoisotopic (exact) mass is 462 g/mol. The van der Waals surface area contributed by atoms with Crippen LogP contribution in [0, 0.1) is 0 Å². The lowest BCUT2D eigenvalue weighted by molar-refractivity contribution is 0.282.